The highest BCUT2D eigenvalue weighted by Crippen LogP contribution is 2.07. The molecule has 0 heterocycles. The van der Waals surface area contributed by atoms with Gasteiger partial charge in [-0.15, -0.1) is 0 Å². The van der Waals surface area contributed by atoms with Crippen LogP contribution in [0.2, 0.25) is 0 Å². The van der Waals surface area contributed by atoms with Gasteiger partial charge in [-0.3, -0.25) is 4.79 Å². The molecule has 3 N–H and O–H groups in total. The van der Waals surface area contributed by atoms with Crippen molar-refractivity contribution in [3.05, 3.63) is 60.8 Å². The van der Waals surface area contributed by atoms with Crippen LogP contribution in [0.4, 0.5) is 0 Å². The zero-order valence-corrected chi connectivity index (χ0v) is 15.8. The normalized spacial score (nSPS) is 15.2. The lowest BCUT2D eigenvalue weighted by Gasteiger charge is -2.13. The summed E-state index contributed by atoms with van der Waals surface area (Å²) in [6.07, 6.45) is 23.6. The first-order valence-electron chi connectivity index (χ1n) is 9.45. The van der Waals surface area contributed by atoms with E-state index in [1.54, 1.807) is 12.2 Å². The molecule has 4 nitrogen and oxygen atoms in total. The molecule has 0 aromatic carbocycles. The molecule has 0 aromatic rings. The van der Waals surface area contributed by atoms with Crippen LogP contribution in [0.25, 0.3) is 0 Å². The van der Waals surface area contributed by atoms with Crippen molar-refractivity contribution in [2.24, 2.45) is 0 Å². The number of aliphatic hydroxyl groups excluding tert-OH is 2. The molecule has 0 aliphatic carbocycles. The van der Waals surface area contributed by atoms with Crippen molar-refractivity contribution >= 4 is 5.97 Å². The molecular weight excluding hydrogens is 328 g/mol. The summed E-state index contributed by atoms with van der Waals surface area (Å²) in [7, 11) is 0. The average molecular weight is 363 g/mol. The lowest BCUT2D eigenvalue weighted by atomic mass is 10.1. The first kappa shape index (κ1) is 24.1. The number of carbonyl (C=O) groups is 1. The molecular formula is C22H34O4. The Morgan fingerprint density at radius 1 is 0.885 bits per heavy atom. The molecule has 0 spiro atoms. The monoisotopic (exact) mass is 362 g/mol. The Morgan fingerprint density at radius 3 is 2.23 bits per heavy atom. The molecule has 0 radical (unpaired) electrons. The van der Waals surface area contributed by atoms with E-state index in [0.717, 1.165) is 32.1 Å². The van der Waals surface area contributed by atoms with Gasteiger partial charge in [0, 0.05) is 6.42 Å². The van der Waals surface area contributed by atoms with Crippen LogP contribution in [-0.4, -0.2) is 33.5 Å². The third-order valence-electron chi connectivity index (χ3n) is 3.68. The summed E-state index contributed by atoms with van der Waals surface area (Å²) in [5.74, 6) is -0.768. The van der Waals surface area contributed by atoms with E-state index in [1.165, 1.54) is 0 Å². The molecule has 0 aromatic heterocycles. The van der Waals surface area contributed by atoms with Crippen molar-refractivity contribution in [2.75, 3.05) is 0 Å². The van der Waals surface area contributed by atoms with Crippen molar-refractivity contribution < 1.29 is 20.1 Å². The van der Waals surface area contributed by atoms with Crippen LogP contribution in [0.3, 0.4) is 0 Å². The standard InChI is InChI=1S/C22H34O4/c1-2-3-14-17-20(23)21(24)18-15-12-10-8-6-4-5-7-9-11-13-16-19-22(25)26/h5-8,10-13,15,18,20-21,23-24H,2-4,9,14,16-17,19H2,1H3,(H,25,26)/b7-5-,8-6-,12-10+,13-11-,18-15+. The van der Waals surface area contributed by atoms with E-state index < -0.39 is 18.2 Å². The highest BCUT2D eigenvalue weighted by molar-refractivity contribution is 5.66. The summed E-state index contributed by atoms with van der Waals surface area (Å²) in [6, 6.07) is 0. The predicted octanol–water partition coefficient (Wildman–Crippen LogP) is 4.71. The van der Waals surface area contributed by atoms with Crippen molar-refractivity contribution in [2.45, 2.75) is 70.5 Å². The number of hydrogen-bond donors (Lipinski definition) is 3. The fourth-order valence-electron chi connectivity index (χ4n) is 2.14. The van der Waals surface area contributed by atoms with Gasteiger partial charge in [-0.1, -0.05) is 86.9 Å². The first-order valence-corrected chi connectivity index (χ1v) is 9.45. The fraction of sp³-hybridized carbons (Fsp3) is 0.500. The minimum atomic E-state index is -0.813. The molecule has 0 aliphatic heterocycles. The van der Waals surface area contributed by atoms with Crippen LogP contribution < -0.4 is 0 Å². The summed E-state index contributed by atoms with van der Waals surface area (Å²) in [6.45, 7) is 2.11. The van der Waals surface area contributed by atoms with E-state index in [2.05, 4.69) is 13.0 Å². The number of hydrogen-bond acceptors (Lipinski definition) is 3. The molecule has 2 atom stereocenters. The molecule has 0 saturated carbocycles. The Balaban J connectivity index is 3.80. The second kappa shape index (κ2) is 17.9. The van der Waals surface area contributed by atoms with Crippen molar-refractivity contribution in [1.29, 1.82) is 0 Å². The fourth-order valence-corrected chi connectivity index (χ4v) is 2.14. The Hall–Kier alpha value is -1.91. The second-order valence-corrected chi connectivity index (χ2v) is 6.10. The maximum Gasteiger partial charge on any atom is 0.303 e. The number of allylic oxidation sites excluding steroid dienone is 9. The van der Waals surface area contributed by atoms with Crippen LogP contribution in [0.15, 0.2) is 60.8 Å². The minimum absolute atomic E-state index is 0.179. The lowest BCUT2D eigenvalue weighted by molar-refractivity contribution is -0.136. The third-order valence-corrected chi connectivity index (χ3v) is 3.68. The highest BCUT2D eigenvalue weighted by atomic mass is 16.4. The molecule has 0 saturated heterocycles. The zero-order valence-electron chi connectivity index (χ0n) is 15.8. The summed E-state index contributed by atoms with van der Waals surface area (Å²) in [5.41, 5.74) is 0. The number of rotatable bonds is 15. The van der Waals surface area contributed by atoms with Crippen LogP contribution in [0.5, 0.6) is 0 Å². The van der Waals surface area contributed by atoms with E-state index in [4.69, 9.17) is 5.11 Å². The van der Waals surface area contributed by atoms with Gasteiger partial charge in [-0.05, 0) is 25.7 Å². The van der Waals surface area contributed by atoms with Gasteiger partial charge in [-0.25, -0.2) is 0 Å². The first-order chi connectivity index (χ1) is 12.6. The number of unbranched alkanes of at least 4 members (excludes halogenated alkanes) is 2. The molecule has 0 fully saturated rings. The number of aliphatic hydroxyl groups is 2. The van der Waals surface area contributed by atoms with E-state index in [1.807, 2.05) is 42.5 Å². The molecule has 0 amide bonds. The minimum Gasteiger partial charge on any atom is -0.481 e. The van der Waals surface area contributed by atoms with Gasteiger partial charge in [0.05, 0.1) is 12.2 Å². The summed E-state index contributed by atoms with van der Waals surface area (Å²) < 4.78 is 0. The molecule has 2 unspecified atom stereocenters. The molecule has 4 heteroatoms. The van der Waals surface area contributed by atoms with Gasteiger partial charge in [0.15, 0.2) is 0 Å². The third kappa shape index (κ3) is 16.9. The second-order valence-electron chi connectivity index (χ2n) is 6.10. The van der Waals surface area contributed by atoms with Gasteiger partial charge in [0.1, 0.15) is 0 Å². The van der Waals surface area contributed by atoms with Crippen LogP contribution in [0.1, 0.15) is 58.3 Å². The Morgan fingerprint density at radius 2 is 1.54 bits per heavy atom. The molecule has 26 heavy (non-hydrogen) atoms. The van der Waals surface area contributed by atoms with E-state index in [9.17, 15) is 15.0 Å². The quantitative estimate of drug-likeness (QED) is 0.224. The Bertz CT molecular complexity index is 486. The zero-order chi connectivity index (χ0) is 19.5. The van der Waals surface area contributed by atoms with E-state index in [-0.39, 0.29) is 6.42 Å². The van der Waals surface area contributed by atoms with Crippen LogP contribution >= 0.6 is 0 Å². The van der Waals surface area contributed by atoms with Crippen molar-refractivity contribution in [3.8, 4) is 0 Å². The average Bonchev–Trinajstić information content (AvgIpc) is 2.61. The molecule has 146 valence electrons. The molecule has 0 rings (SSSR count). The lowest BCUT2D eigenvalue weighted by Crippen LogP contribution is -2.23. The summed E-state index contributed by atoms with van der Waals surface area (Å²) in [5, 5.41) is 28.1. The number of carboxylic acids is 1. The van der Waals surface area contributed by atoms with Crippen LogP contribution in [0, 0.1) is 0 Å². The van der Waals surface area contributed by atoms with Crippen molar-refractivity contribution in [1.82, 2.24) is 0 Å². The van der Waals surface area contributed by atoms with E-state index in [0.29, 0.717) is 12.8 Å². The summed E-state index contributed by atoms with van der Waals surface area (Å²) >= 11 is 0. The molecule has 0 bridgehead atoms. The molecule has 0 aliphatic rings. The smallest absolute Gasteiger partial charge is 0.303 e. The van der Waals surface area contributed by atoms with Crippen LogP contribution in [-0.2, 0) is 4.79 Å². The SMILES string of the molecule is CCCCCC(O)C(O)/C=C/C=C/C=C\C/C=C\C/C=C\CCC(=O)O. The highest BCUT2D eigenvalue weighted by Gasteiger charge is 2.11. The topological polar surface area (TPSA) is 77.8 Å². The number of carboxylic acid groups (broad SMARTS) is 1. The van der Waals surface area contributed by atoms with Gasteiger partial charge >= 0.3 is 5.97 Å². The maximum atomic E-state index is 10.3. The van der Waals surface area contributed by atoms with Gasteiger partial charge in [-0.2, -0.15) is 0 Å². The largest absolute Gasteiger partial charge is 0.481 e. The van der Waals surface area contributed by atoms with Gasteiger partial charge < -0.3 is 15.3 Å². The Labute approximate surface area is 157 Å². The summed E-state index contributed by atoms with van der Waals surface area (Å²) in [4.78, 5) is 10.3. The van der Waals surface area contributed by atoms with Gasteiger partial charge in [0.25, 0.3) is 0 Å². The maximum absolute atomic E-state index is 10.3. The predicted molar refractivity (Wildman–Crippen MR) is 108 cm³/mol. The van der Waals surface area contributed by atoms with Crippen molar-refractivity contribution in [3.63, 3.8) is 0 Å². The Kier molecular flexibility index (Phi) is 16.6. The van der Waals surface area contributed by atoms with E-state index >= 15 is 0 Å². The van der Waals surface area contributed by atoms with Gasteiger partial charge in [0.2, 0.25) is 0 Å². The number of aliphatic carboxylic acids is 1.